The molecule has 7 heteroatoms. The number of para-hydroxylation sites is 1. The first-order valence-corrected chi connectivity index (χ1v) is 11.6. The number of nitro groups is 1. The minimum absolute atomic E-state index is 0. The quantitative estimate of drug-likeness (QED) is 0.177. The van der Waals surface area contributed by atoms with E-state index in [4.69, 9.17) is 14.2 Å². The highest BCUT2D eigenvalue weighted by molar-refractivity contribution is 5.44. The van der Waals surface area contributed by atoms with Gasteiger partial charge in [-0.25, -0.2) is 4.39 Å². The summed E-state index contributed by atoms with van der Waals surface area (Å²) < 4.78 is 27.4. The highest BCUT2D eigenvalue weighted by atomic mass is 19.1. The third kappa shape index (κ3) is 15.1. The zero-order valence-corrected chi connectivity index (χ0v) is 21.7. The fourth-order valence-corrected chi connectivity index (χ4v) is 3.06. The van der Waals surface area contributed by atoms with Crippen molar-refractivity contribution in [3.8, 4) is 17.2 Å². The lowest BCUT2D eigenvalue weighted by atomic mass is 10.2. The lowest BCUT2D eigenvalue weighted by Gasteiger charge is -2.00. The van der Waals surface area contributed by atoms with E-state index in [0.717, 1.165) is 28.4 Å². The second-order valence-electron chi connectivity index (χ2n) is 8.22. The summed E-state index contributed by atoms with van der Waals surface area (Å²) in [6, 6.07) is 26.8. The largest absolute Gasteiger partial charge is 0.496 e. The number of fused-ring (bicyclic) bond motifs is 1. The van der Waals surface area contributed by atoms with Gasteiger partial charge in [0, 0.05) is 12.1 Å². The molecule has 5 rings (SSSR count). The average Bonchev–Trinajstić information content (AvgIpc) is 3.35. The number of benzene rings is 4. The molecule has 4 aromatic carbocycles. The molecule has 0 bridgehead atoms. The molecule has 0 fully saturated rings. The number of rotatable bonds is 2. The Hall–Kier alpha value is -4.39. The van der Waals surface area contributed by atoms with Crippen LogP contribution in [0.3, 0.4) is 0 Å². The molecule has 0 saturated heterocycles. The first-order valence-electron chi connectivity index (χ1n) is 11.6. The Labute approximate surface area is 246 Å². The molecule has 0 amide bonds. The van der Waals surface area contributed by atoms with Gasteiger partial charge in [0.25, 0.3) is 5.69 Å². The van der Waals surface area contributed by atoms with E-state index in [1.54, 1.807) is 31.4 Å². The smallest absolute Gasteiger partial charge is 0.269 e. The van der Waals surface area contributed by atoms with Gasteiger partial charge >= 0.3 is 0 Å². The van der Waals surface area contributed by atoms with E-state index in [-0.39, 0.29) is 41.2 Å². The SMILES string of the molecule is C.C.C.C.COc1ccccc1C.Cc1ccc(F)cc1.Cc1ccc2c(c1)OCO2.Cc1cccc([N+](=O)[O-])c1. The molecule has 1 aliphatic rings. The van der Waals surface area contributed by atoms with Crippen molar-refractivity contribution >= 4 is 5.69 Å². The number of methoxy groups -OCH3 is 1. The number of nitro benzene ring substituents is 1. The Morgan fingerprint density at radius 2 is 1.27 bits per heavy atom. The van der Waals surface area contributed by atoms with Crippen LogP contribution in [0.2, 0.25) is 0 Å². The zero-order valence-electron chi connectivity index (χ0n) is 21.7. The molecule has 226 valence electrons. The van der Waals surface area contributed by atoms with Gasteiger partial charge in [-0.2, -0.15) is 0 Å². The summed E-state index contributed by atoms with van der Waals surface area (Å²) in [5.74, 6) is 2.50. The molecule has 0 unspecified atom stereocenters. The number of aryl methyl sites for hydroxylation is 4. The summed E-state index contributed by atoms with van der Waals surface area (Å²) in [6.07, 6.45) is 0. The summed E-state index contributed by atoms with van der Waals surface area (Å²) in [5, 5.41) is 10.2. The maximum Gasteiger partial charge on any atom is 0.269 e. The normalized spacial score (nSPS) is 9.41. The molecule has 6 nitrogen and oxygen atoms in total. The molecular weight excluding hydrogens is 521 g/mol. The van der Waals surface area contributed by atoms with E-state index in [9.17, 15) is 14.5 Å². The molecule has 0 aliphatic carbocycles. The molecule has 0 radical (unpaired) electrons. The van der Waals surface area contributed by atoms with Gasteiger partial charge in [0.05, 0.1) is 12.0 Å². The number of halogens is 1. The lowest BCUT2D eigenvalue weighted by molar-refractivity contribution is -0.384. The number of non-ortho nitro benzene ring substituents is 1. The second-order valence-corrected chi connectivity index (χ2v) is 8.22. The second kappa shape index (κ2) is 21.4. The van der Waals surface area contributed by atoms with Gasteiger partial charge in [0.2, 0.25) is 6.79 Å². The van der Waals surface area contributed by atoms with Gasteiger partial charge in [0.1, 0.15) is 11.6 Å². The van der Waals surface area contributed by atoms with Gasteiger partial charge in [-0.3, -0.25) is 10.1 Å². The van der Waals surface area contributed by atoms with Crippen LogP contribution in [0.25, 0.3) is 0 Å². The molecule has 0 atom stereocenters. The van der Waals surface area contributed by atoms with E-state index >= 15 is 0 Å². The van der Waals surface area contributed by atoms with Crippen molar-refractivity contribution in [3.05, 3.63) is 129 Å². The Balaban J connectivity index is -0.000000456. The monoisotopic (exact) mass is 569 g/mol. The van der Waals surface area contributed by atoms with E-state index in [0.29, 0.717) is 6.79 Å². The molecule has 0 aromatic heterocycles. The third-order valence-corrected chi connectivity index (χ3v) is 5.06. The molecule has 1 heterocycles. The average molecular weight is 570 g/mol. The fraction of sp³-hybridized carbons (Fsp3) is 0.294. The van der Waals surface area contributed by atoms with E-state index in [1.165, 1.54) is 29.3 Å². The van der Waals surface area contributed by atoms with Crippen LogP contribution < -0.4 is 14.2 Å². The number of nitrogens with zero attached hydrogens (tertiary/aromatic N) is 1. The van der Waals surface area contributed by atoms with E-state index in [1.807, 2.05) is 76.2 Å². The first-order chi connectivity index (χ1) is 17.7. The highest BCUT2D eigenvalue weighted by Crippen LogP contribution is 2.31. The van der Waals surface area contributed by atoms with E-state index in [2.05, 4.69) is 0 Å². The zero-order chi connectivity index (χ0) is 27.2. The third-order valence-electron chi connectivity index (χ3n) is 5.06. The van der Waals surface area contributed by atoms with Gasteiger partial charge in [-0.15, -0.1) is 0 Å². The topological polar surface area (TPSA) is 70.8 Å². The van der Waals surface area contributed by atoms with Gasteiger partial charge in [0.15, 0.2) is 11.5 Å². The van der Waals surface area contributed by atoms with Crippen LogP contribution in [0, 0.1) is 43.6 Å². The summed E-state index contributed by atoms with van der Waals surface area (Å²) in [7, 11) is 1.68. The summed E-state index contributed by atoms with van der Waals surface area (Å²) in [4.78, 5) is 9.76. The van der Waals surface area contributed by atoms with Crippen molar-refractivity contribution in [2.24, 2.45) is 0 Å². The number of hydrogen-bond donors (Lipinski definition) is 0. The molecular formula is C34H48FNO5. The Morgan fingerprint density at radius 3 is 1.76 bits per heavy atom. The Bertz CT molecular complexity index is 1260. The van der Waals surface area contributed by atoms with Crippen LogP contribution in [-0.4, -0.2) is 18.8 Å². The molecule has 0 saturated carbocycles. The van der Waals surface area contributed by atoms with Gasteiger partial charge in [-0.1, -0.05) is 83.8 Å². The highest BCUT2D eigenvalue weighted by Gasteiger charge is 2.11. The van der Waals surface area contributed by atoms with Gasteiger partial charge < -0.3 is 14.2 Å². The summed E-state index contributed by atoms with van der Waals surface area (Å²) in [6.45, 7) is 8.17. The Morgan fingerprint density at radius 1 is 0.707 bits per heavy atom. The van der Waals surface area contributed by atoms with Crippen molar-refractivity contribution in [1.29, 1.82) is 0 Å². The molecule has 0 N–H and O–H groups in total. The molecule has 1 aliphatic heterocycles. The molecule has 41 heavy (non-hydrogen) atoms. The molecule has 0 spiro atoms. The standard InChI is InChI=1S/C8H8O2.C8H10O.C7H7F.C7H7NO2.4CH4/c1-6-2-3-7-8(4-6)10-5-9-7;1-7-5-3-4-6-8(7)9-2;1-6-2-4-7(8)5-3-6;1-6-3-2-4-7(5-6)8(9)10;;;;/h2-4H,5H2,1H3;3-6H,1-2H3;2-5H,1H3;2-5H,1H3;4*1H4. The fourth-order valence-electron chi connectivity index (χ4n) is 3.06. The minimum Gasteiger partial charge on any atom is -0.496 e. The minimum atomic E-state index is -0.396. The van der Waals surface area contributed by atoms with Crippen LogP contribution >= 0.6 is 0 Å². The van der Waals surface area contributed by atoms with Crippen molar-refractivity contribution in [1.82, 2.24) is 0 Å². The summed E-state index contributed by atoms with van der Waals surface area (Å²) in [5.41, 5.74) is 4.53. The van der Waals surface area contributed by atoms with Crippen molar-refractivity contribution in [3.63, 3.8) is 0 Å². The van der Waals surface area contributed by atoms with Gasteiger partial charge in [-0.05, 0) is 74.7 Å². The van der Waals surface area contributed by atoms with Crippen LogP contribution in [-0.2, 0) is 0 Å². The van der Waals surface area contributed by atoms with Crippen LogP contribution in [0.1, 0.15) is 52.0 Å². The predicted octanol–water partition coefficient (Wildman–Crippen LogP) is 10.3. The number of hydrogen-bond acceptors (Lipinski definition) is 5. The lowest BCUT2D eigenvalue weighted by Crippen LogP contribution is -1.92. The van der Waals surface area contributed by atoms with Crippen molar-refractivity contribution in [2.75, 3.05) is 13.9 Å². The predicted molar refractivity (Wildman–Crippen MR) is 171 cm³/mol. The van der Waals surface area contributed by atoms with Crippen LogP contribution in [0.5, 0.6) is 17.2 Å². The maximum atomic E-state index is 12.1. The summed E-state index contributed by atoms with van der Waals surface area (Å²) >= 11 is 0. The van der Waals surface area contributed by atoms with Crippen molar-refractivity contribution in [2.45, 2.75) is 57.4 Å². The first kappa shape index (κ1) is 41.1. The number of ether oxygens (including phenoxy) is 3. The Kier molecular flexibility index (Phi) is 21.5. The molecule has 4 aromatic rings. The van der Waals surface area contributed by atoms with Crippen molar-refractivity contribution < 1.29 is 23.5 Å². The maximum absolute atomic E-state index is 12.1. The van der Waals surface area contributed by atoms with E-state index < -0.39 is 4.92 Å². The van der Waals surface area contributed by atoms with Crippen LogP contribution in [0.15, 0.2) is 91.0 Å². The van der Waals surface area contributed by atoms with Crippen LogP contribution in [0.4, 0.5) is 10.1 Å².